The Morgan fingerprint density at radius 1 is 1.23 bits per heavy atom. The highest BCUT2D eigenvalue weighted by Crippen LogP contribution is 2.26. The second kappa shape index (κ2) is 7.88. The molecule has 6 nitrogen and oxygen atoms in total. The summed E-state index contributed by atoms with van der Waals surface area (Å²) >= 11 is 3.33. The molecule has 2 aliphatic heterocycles. The van der Waals surface area contributed by atoms with Crippen LogP contribution in [0, 0.1) is 0 Å². The van der Waals surface area contributed by atoms with E-state index in [2.05, 4.69) is 20.8 Å². The molecule has 140 valence electrons. The molecule has 0 spiro atoms. The number of amides is 3. The van der Waals surface area contributed by atoms with Crippen LogP contribution in [0.4, 0.5) is 0 Å². The Morgan fingerprint density at radius 2 is 1.96 bits per heavy atom. The van der Waals surface area contributed by atoms with E-state index >= 15 is 0 Å². The smallest absolute Gasteiger partial charge is 0.261 e. The van der Waals surface area contributed by atoms with Gasteiger partial charge in [-0.25, -0.2) is 0 Å². The van der Waals surface area contributed by atoms with Crippen LogP contribution < -0.4 is 0 Å². The van der Waals surface area contributed by atoms with Crippen molar-refractivity contribution in [2.24, 2.45) is 0 Å². The zero-order valence-electron chi connectivity index (χ0n) is 15.2. The van der Waals surface area contributed by atoms with Gasteiger partial charge in [-0.05, 0) is 51.6 Å². The van der Waals surface area contributed by atoms with Crippen LogP contribution in [0.1, 0.15) is 46.4 Å². The number of likely N-dealkylation sites (tertiary alicyclic amines) is 1. The molecule has 3 amide bonds. The number of rotatable bonds is 5. The van der Waals surface area contributed by atoms with Crippen molar-refractivity contribution >= 4 is 33.7 Å². The van der Waals surface area contributed by atoms with Crippen LogP contribution in [-0.2, 0) is 4.79 Å². The number of hydrogen-bond acceptors (Lipinski definition) is 4. The number of piperidine rings is 1. The third-order valence-electron chi connectivity index (χ3n) is 5.18. The predicted octanol–water partition coefficient (Wildman–Crippen LogP) is 2.38. The van der Waals surface area contributed by atoms with Gasteiger partial charge >= 0.3 is 0 Å². The summed E-state index contributed by atoms with van der Waals surface area (Å²) in [6.45, 7) is 1.83. The molecule has 7 heteroatoms. The average molecular weight is 422 g/mol. The van der Waals surface area contributed by atoms with Crippen LogP contribution in [0.15, 0.2) is 22.7 Å². The third-order valence-corrected chi connectivity index (χ3v) is 5.68. The maximum Gasteiger partial charge on any atom is 0.261 e. The second-order valence-electron chi connectivity index (χ2n) is 7.15. The fourth-order valence-electron chi connectivity index (χ4n) is 3.62. The molecule has 1 aromatic rings. The molecule has 0 aromatic heterocycles. The standard InChI is InChI=1S/C19H24BrN3O3/c1-21(2)14-5-3-9-22(12-14)17(24)6-4-10-23-18(25)15-8-7-13(20)11-16(15)19(23)26/h7-8,11,14H,3-6,9-10,12H2,1-2H3. The van der Waals surface area contributed by atoms with E-state index in [9.17, 15) is 14.4 Å². The van der Waals surface area contributed by atoms with Gasteiger partial charge in [-0.1, -0.05) is 15.9 Å². The highest BCUT2D eigenvalue weighted by Gasteiger charge is 2.35. The molecule has 0 radical (unpaired) electrons. The fraction of sp³-hybridized carbons (Fsp3) is 0.526. The van der Waals surface area contributed by atoms with Gasteiger partial charge in [-0.2, -0.15) is 0 Å². The van der Waals surface area contributed by atoms with Crippen molar-refractivity contribution in [2.75, 3.05) is 33.7 Å². The summed E-state index contributed by atoms with van der Waals surface area (Å²) in [6, 6.07) is 5.51. The Hall–Kier alpha value is -1.73. The summed E-state index contributed by atoms with van der Waals surface area (Å²) < 4.78 is 0.773. The van der Waals surface area contributed by atoms with Crippen molar-refractivity contribution in [3.8, 4) is 0 Å². The van der Waals surface area contributed by atoms with Gasteiger partial charge in [-0.15, -0.1) is 0 Å². The monoisotopic (exact) mass is 421 g/mol. The summed E-state index contributed by atoms with van der Waals surface area (Å²) in [6.07, 6.45) is 2.98. The minimum absolute atomic E-state index is 0.107. The second-order valence-corrected chi connectivity index (χ2v) is 8.07. The first-order valence-corrected chi connectivity index (χ1v) is 9.77. The van der Waals surface area contributed by atoms with Crippen molar-refractivity contribution in [1.29, 1.82) is 0 Å². The van der Waals surface area contributed by atoms with Crippen LogP contribution >= 0.6 is 15.9 Å². The summed E-state index contributed by atoms with van der Waals surface area (Å²) in [4.78, 5) is 42.6. The van der Waals surface area contributed by atoms with E-state index in [0.29, 0.717) is 30.0 Å². The van der Waals surface area contributed by atoms with E-state index in [1.807, 2.05) is 19.0 Å². The van der Waals surface area contributed by atoms with E-state index in [0.717, 1.165) is 30.4 Å². The zero-order chi connectivity index (χ0) is 18.8. The van der Waals surface area contributed by atoms with Gasteiger partial charge in [0.05, 0.1) is 11.1 Å². The first-order chi connectivity index (χ1) is 12.4. The molecule has 0 aliphatic carbocycles. The van der Waals surface area contributed by atoms with Gasteiger partial charge in [0.1, 0.15) is 0 Å². The zero-order valence-corrected chi connectivity index (χ0v) is 16.8. The highest BCUT2D eigenvalue weighted by molar-refractivity contribution is 9.10. The lowest BCUT2D eigenvalue weighted by atomic mass is 10.0. The third kappa shape index (κ3) is 3.83. The van der Waals surface area contributed by atoms with Crippen molar-refractivity contribution in [3.63, 3.8) is 0 Å². The highest BCUT2D eigenvalue weighted by atomic mass is 79.9. The van der Waals surface area contributed by atoms with E-state index in [-0.39, 0.29) is 24.3 Å². The van der Waals surface area contributed by atoms with Crippen molar-refractivity contribution in [2.45, 2.75) is 31.7 Å². The van der Waals surface area contributed by atoms with E-state index in [1.54, 1.807) is 18.2 Å². The largest absolute Gasteiger partial charge is 0.341 e. The summed E-state index contributed by atoms with van der Waals surface area (Å²) in [7, 11) is 4.08. The van der Waals surface area contributed by atoms with Gasteiger partial charge in [0.2, 0.25) is 5.91 Å². The summed E-state index contributed by atoms with van der Waals surface area (Å²) in [5.74, 6) is -0.434. The molecular formula is C19H24BrN3O3. The Kier molecular flexibility index (Phi) is 5.77. The number of hydrogen-bond donors (Lipinski definition) is 0. The number of benzene rings is 1. The molecular weight excluding hydrogens is 398 g/mol. The maximum atomic E-state index is 12.5. The molecule has 1 aromatic carbocycles. The summed E-state index contributed by atoms with van der Waals surface area (Å²) in [5.41, 5.74) is 0.870. The number of nitrogens with zero attached hydrogens (tertiary/aromatic N) is 3. The van der Waals surface area contributed by atoms with Crippen LogP contribution in [0.2, 0.25) is 0 Å². The molecule has 1 fully saturated rings. The summed E-state index contributed by atoms with van der Waals surface area (Å²) in [5, 5.41) is 0. The molecule has 0 saturated carbocycles. The van der Waals surface area contributed by atoms with E-state index in [1.165, 1.54) is 4.90 Å². The number of halogens is 1. The lowest BCUT2D eigenvalue weighted by molar-refractivity contribution is -0.133. The minimum Gasteiger partial charge on any atom is -0.341 e. The predicted molar refractivity (Wildman–Crippen MR) is 102 cm³/mol. The maximum absolute atomic E-state index is 12.5. The average Bonchev–Trinajstić information content (AvgIpc) is 2.86. The Balaban J connectivity index is 1.53. The number of carbonyl (C=O) groups excluding carboxylic acids is 3. The fourth-order valence-corrected chi connectivity index (χ4v) is 3.98. The molecule has 2 aliphatic rings. The molecule has 3 rings (SSSR count). The first-order valence-electron chi connectivity index (χ1n) is 8.98. The topological polar surface area (TPSA) is 60.9 Å². The van der Waals surface area contributed by atoms with Crippen molar-refractivity contribution in [3.05, 3.63) is 33.8 Å². The van der Waals surface area contributed by atoms with E-state index < -0.39 is 0 Å². The van der Waals surface area contributed by atoms with Crippen molar-refractivity contribution in [1.82, 2.24) is 14.7 Å². The van der Waals surface area contributed by atoms with Crippen LogP contribution in [0.5, 0.6) is 0 Å². The Labute approximate surface area is 162 Å². The normalized spacial score (nSPS) is 20.1. The van der Waals surface area contributed by atoms with Crippen LogP contribution in [0.3, 0.4) is 0 Å². The molecule has 2 heterocycles. The number of fused-ring (bicyclic) bond motifs is 1. The molecule has 1 unspecified atom stereocenters. The lowest BCUT2D eigenvalue weighted by Crippen LogP contribution is -2.47. The number of carbonyl (C=O) groups is 3. The Morgan fingerprint density at radius 3 is 2.69 bits per heavy atom. The molecule has 26 heavy (non-hydrogen) atoms. The SMILES string of the molecule is CN(C)C1CCCN(C(=O)CCCN2C(=O)c3ccc(Br)cc3C2=O)C1. The number of imide groups is 1. The van der Waals surface area contributed by atoms with E-state index in [4.69, 9.17) is 0 Å². The minimum atomic E-state index is -0.274. The number of likely N-dealkylation sites (N-methyl/N-ethyl adjacent to an activating group) is 1. The van der Waals surface area contributed by atoms with Gasteiger partial charge in [0, 0.05) is 36.6 Å². The first kappa shape index (κ1) is 19.0. The van der Waals surface area contributed by atoms with Gasteiger partial charge < -0.3 is 9.80 Å². The van der Waals surface area contributed by atoms with Gasteiger partial charge in [0.15, 0.2) is 0 Å². The molecule has 0 N–H and O–H groups in total. The van der Waals surface area contributed by atoms with Crippen LogP contribution in [-0.4, -0.2) is 72.2 Å². The van der Waals surface area contributed by atoms with Gasteiger partial charge in [0.25, 0.3) is 11.8 Å². The van der Waals surface area contributed by atoms with Crippen LogP contribution in [0.25, 0.3) is 0 Å². The quantitative estimate of drug-likeness (QED) is 0.684. The van der Waals surface area contributed by atoms with Gasteiger partial charge in [-0.3, -0.25) is 19.3 Å². The lowest BCUT2D eigenvalue weighted by Gasteiger charge is -2.36. The molecule has 1 saturated heterocycles. The Bertz CT molecular complexity index is 735. The molecule has 0 bridgehead atoms. The molecule has 1 atom stereocenters. The van der Waals surface area contributed by atoms with Crippen molar-refractivity contribution < 1.29 is 14.4 Å².